The highest BCUT2D eigenvalue weighted by Gasteiger charge is 2.18. The van der Waals surface area contributed by atoms with Crippen LogP contribution in [0.25, 0.3) is 16.7 Å². The van der Waals surface area contributed by atoms with Crippen molar-refractivity contribution in [3.8, 4) is 5.69 Å². The predicted octanol–water partition coefficient (Wildman–Crippen LogP) is 5.82. The summed E-state index contributed by atoms with van der Waals surface area (Å²) < 4.78 is 2.03. The summed E-state index contributed by atoms with van der Waals surface area (Å²) in [7, 11) is 0. The third kappa shape index (κ3) is 3.45. The number of hydrogen-bond donors (Lipinski definition) is 1. The molecule has 4 aromatic rings. The number of hydrogen-bond acceptors (Lipinski definition) is 4. The number of allylic oxidation sites excluding steroid dienone is 1. The molecule has 0 radical (unpaired) electrons. The first-order chi connectivity index (χ1) is 14.3. The summed E-state index contributed by atoms with van der Waals surface area (Å²) >= 11 is 1.77. The third-order valence-electron chi connectivity index (χ3n) is 4.96. The van der Waals surface area contributed by atoms with Crippen molar-refractivity contribution in [2.75, 3.05) is 5.32 Å². The van der Waals surface area contributed by atoms with Crippen molar-refractivity contribution in [1.29, 1.82) is 0 Å². The lowest BCUT2D eigenvalue weighted by Crippen LogP contribution is -2.14. The van der Waals surface area contributed by atoms with Crippen molar-refractivity contribution in [1.82, 2.24) is 9.55 Å². The maximum absolute atomic E-state index is 12.9. The highest BCUT2D eigenvalue weighted by Crippen LogP contribution is 2.38. The second kappa shape index (κ2) is 7.60. The minimum atomic E-state index is -0.0399. The Morgan fingerprint density at radius 3 is 2.45 bits per heavy atom. The molecule has 1 atom stereocenters. The number of nitrogens with one attached hydrogen (secondary N) is 1. The van der Waals surface area contributed by atoms with Gasteiger partial charge < -0.3 is 5.32 Å². The molecule has 0 saturated heterocycles. The van der Waals surface area contributed by atoms with Gasteiger partial charge in [0.25, 0.3) is 0 Å². The summed E-state index contributed by atoms with van der Waals surface area (Å²) in [5.41, 5.74) is 3.50. The van der Waals surface area contributed by atoms with Crippen molar-refractivity contribution >= 4 is 34.3 Å². The third-order valence-corrected chi connectivity index (χ3v) is 6.07. The Morgan fingerprint density at radius 2 is 1.72 bits per heavy atom. The molecule has 29 heavy (non-hydrogen) atoms. The summed E-state index contributed by atoms with van der Waals surface area (Å²) in [6.07, 6.45) is 3.12. The smallest absolute Gasteiger partial charge is 0.193 e. The topological polar surface area (TPSA) is 46.9 Å². The number of aromatic nitrogens is 2. The van der Waals surface area contributed by atoms with Gasteiger partial charge in [-0.05, 0) is 48.2 Å². The van der Waals surface area contributed by atoms with Gasteiger partial charge in [-0.15, -0.1) is 11.8 Å². The lowest BCUT2D eigenvalue weighted by atomic mass is 10.1. The SMILES string of the molecule is O=c1cc(Nc2ccccc2)n(-c2ccccc2)c2nc(C3CC=CS3)ccc12. The Hall–Kier alpha value is -3.31. The van der Waals surface area contributed by atoms with Crippen LogP contribution in [0.1, 0.15) is 17.4 Å². The van der Waals surface area contributed by atoms with Crippen LogP contribution < -0.4 is 10.7 Å². The first-order valence-electron chi connectivity index (χ1n) is 9.54. The molecule has 1 N–H and O–H groups in total. The molecule has 0 fully saturated rings. The van der Waals surface area contributed by atoms with E-state index in [1.165, 1.54) is 0 Å². The van der Waals surface area contributed by atoms with Crippen LogP contribution in [0.4, 0.5) is 11.5 Å². The van der Waals surface area contributed by atoms with Gasteiger partial charge in [0, 0.05) is 17.4 Å². The molecular formula is C24H19N3OS. The number of thioether (sulfide) groups is 1. The van der Waals surface area contributed by atoms with Gasteiger partial charge in [-0.25, -0.2) is 4.98 Å². The lowest BCUT2D eigenvalue weighted by Gasteiger charge is -2.19. The molecule has 0 spiro atoms. The van der Waals surface area contributed by atoms with Gasteiger partial charge in [0.05, 0.1) is 16.3 Å². The number of fused-ring (bicyclic) bond motifs is 1. The van der Waals surface area contributed by atoms with E-state index in [4.69, 9.17) is 4.98 Å². The fourth-order valence-corrected chi connectivity index (χ4v) is 4.47. The van der Waals surface area contributed by atoms with Crippen molar-refractivity contribution in [3.05, 3.63) is 106 Å². The van der Waals surface area contributed by atoms with Crippen LogP contribution in [0.5, 0.6) is 0 Å². The van der Waals surface area contributed by atoms with Crippen LogP contribution in [0.15, 0.2) is 95.1 Å². The Morgan fingerprint density at radius 1 is 0.966 bits per heavy atom. The molecular weight excluding hydrogens is 378 g/mol. The van der Waals surface area contributed by atoms with E-state index in [1.54, 1.807) is 17.8 Å². The van der Waals surface area contributed by atoms with Gasteiger partial charge in [0.2, 0.25) is 0 Å². The van der Waals surface area contributed by atoms with E-state index < -0.39 is 0 Å². The van der Waals surface area contributed by atoms with E-state index in [1.807, 2.05) is 77.4 Å². The molecule has 1 unspecified atom stereocenters. The van der Waals surface area contributed by atoms with Crippen LogP contribution in [-0.4, -0.2) is 9.55 Å². The lowest BCUT2D eigenvalue weighted by molar-refractivity contribution is 0.929. The zero-order chi connectivity index (χ0) is 19.6. The molecule has 0 amide bonds. The number of benzene rings is 2. The molecule has 2 aromatic heterocycles. The number of anilines is 2. The van der Waals surface area contributed by atoms with E-state index in [2.05, 4.69) is 16.8 Å². The molecule has 1 aliphatic heterocycles. The van der Waals surface area contributed by atoms with Crippen molar-refractivity contribution in [2.45, 2.75) is 11.7 Å². The van der Waals surface area contributed by atoms with Crippen LogP contribution in [0.3, 0.4) is 0 Å². The molecule has 142 valence electrons. The molecule has 0 bridgehead atoms. The Kier molecular flexibility index (Phi) is 4.66. The predicted molar refractivity (Wildman–Crippen MR) is 121 cm³/mol. The van der Waals surface area contributed by atoms with Crippen molar-refractivity contribution in [2.24, 2.45) is 0 Å². The first kappa shape index (κ1) is 17.8. The fourth-order valence-electron chi connectivity index (χ4n) is 3.56. The summed E-state index contributed by atoms with van der Waals surface area (Å²) in [6.45, 7) is 0. The largest absolute Gasteiger partial charge is 0.341 e. The average Bonchev–Trinajstić information content (AvgIpc) is 3.30. The van der Waals surface area contributed by atoms with Gasteiger partial charge in [0.1, 0.15) is 11.5 Å². The molecule has 1 aliphatic rings. The maximum Gasteiger partial charge on any atom is 0.193 e. The van der Waals surface area contributed by atoms with Gasteiger partial charge in [0.15, 0.2) is 5.43 Å². The van der Waals surface area contributed by atoms with E-state index in [0.717, 1.165) is 23.5 Å². The molecule has 5 rings (SSSR count). The molecule has 2 aromatic carbocycles. The van der Waals surface area contributed by atoms with Gasteiger partial charge in [-0.2, -0.15) is 0 Å². The summed E-state index contributed by atoms with van der Waals surface area (Å²) in [6, 6.07) is 25.4. The van der Waals surface area contributed by atoms with E-state index in [0.29, 0.717) is 22.1 Å². The molecule has 3 heterocycles. The Bertz CT molecular complexity index is 1240. The second-order valence-electron chi connectivity index (χ2n) is 6.90. The minimum Gasteiger partial charge on any atom is -0.341 e. The van der Waals surface area contributed by atoms with Crippen LogP contribution in [-0.2, 0) is 0 Å². The van der Waals surface area contributed by atoms with Crippen molar-refractivity contribution < 1.29 is 0 Å². The monoisotopic (exact) mass is 397 g/mol. The quantitative estimate of drug-likeness (QED) is 0.471. The Balaban J connectivity index is 1.75. The Labute approximate surface area is 172 Å². The highest BCUT2D eigenvalue weighted by atomic mass is 32.2. The second-order valence-corrected chi connectivity index (χ2v) is 8.01. The number of pyridine rings is 2. The summed E-state index contributed by atoms with van der Waals surface area (Å²) in [5, 5.41) is 6.43. The molecule has 0 saturated carbocycles. The average molecular weight is 398 g/mol. The molecule has 5 heteroatoms. The van der Waals surface area contributed by atoms with Gasteiger partial charge in [-0.1, -0.05) is 42.5 Å². The van der Waals surface area contributed by atoms with Crippen LogP contribution >= 0.6 is 11.8 Å². The van der Waals surface area contributed by atoms with Crippen molar-refractivity contribution in [3.63, 3.8) is 0 Å². The molecule has 0 aliphatic carbocycles. The summed E-state index contributed by atoms with van der Waals surface area (Å²) in [5.74, 6) is 0.696. The first-order valence-corrected chi connectivity index (χ1v) is 10.5. The normalized spacial score (nSPS) is 15.7. The van der Waals surface area contributed by atoms with E-state index in [-0.39, 0.29) is 5.43 Å². The summed E-state index contributed by atoms with van der Waals surface area (Å²) in [4.78, 5) is 17.9. The fraction of sp³-hybridized carbons (Fsp3) is 0.0833. The van der Waals surface area contributed by atoms with E-state index in [9.17, 15) is 4.79 Å². The number of rotatable bonds is 4. The highest BCUT2D eigenvalue weighted by molar-refractivity contribution is 8.02. The maximum atomic E-state index is 12.9. The minimum absolute atomic E-state index is 0.0399. The van der Waals surface area contributed by atoms with Crippen LogP contribution in [0, 0.1) is 0 Å². The molecule has 4 nitrogen and oxygen atoms in total. The number of nitrogens with zero attached hydrogens (tertiary/aromatic N) is 2. The number of para-hydroxylation sites is 2. The zero-order valence-corrected chi connectivity index (χ0v) is 16.5. The standard InChI is InChI=1S/C24H19N3OS/c28-21-16-23(25-17-8-3-1-4-9-17)27(18-10-5-2-6-11-18)24-19(21)13-14-20(26-24)22-12-7-15-29-22/h1-11,13-16,22,25H,12H2. The van der Waals surface area contributed by atoms with Gasteiger partial charge >= 0.3 is 0 Å². The van der Waals surface area contributed by atoms with Gasteiger partial charge in [-0.3, -0.25) is 9.36 Å². The van der Waals surface area contributed by atoms with E-state index >= 15 is 0 Å². The van der Waals surface area contributed by atoms with Crippen LogP contribution in [0.2, 0.25) is 0 Å². The zero-order valence-electron chi connectivity index (χ0n) is 15.7.